The van der Waals surface area contributed by atoms with E-state index in [1.54, 1.807) is 0 Å². The minimum atomic E-state index is 0.0541. The predicted molar refractivity (Wildman–Crippen MR) is 134 cm³/mol. The lowest BCUT2D eigenvalue weighted by atomic mass is 9.41. The normalized spacial score (nSPS) is 35.7. The molecule has 3 heteroatoms. The molecule has 4 bridgehead atoms. The third-order valence-electron chi connectivity index (χ3n) is 10.2. The average molecular weight is 462 g/mol. The SMILES string of the molecule is CC1C2CC3CC1CC(C2)C3(CC(=O)N1CCC(c2ccc(Cl)cc2)CC1)c1ccccc1. The van der Waals surface area contributed by atoms with Crippen LogP contribution < -0.4 is 0 Å². The van der Waals surface area contributed by atoms with Crippen molar-refractivity contribution in [1.29, 1.82) is 0 Å². The molecule has 0 unspecified atom stereocenters. The van der Waals surface area contributed by atoms with Gasteiger partial charge in [-0.05, 0) is 97.3 Å². The molecule has 5 aliphatic rings. The Balaban J connectivity index is 1.21. The van der Waals surface area contributed by atoms with Crippen molar-refractivity contribution in [2.75, 3.05) is 13.1 Å². The van der Waals surface area contributed by atoms with E-state index < -0.39 is 0 Å². The van der Waals surface area contributed by atoms with Gasteiger partial charge in [0.15, 0.2) is 0 Å². The number of hydrogen-bond donors (Lipinski definition) is 0. The lowest BCUT2D eigenvalue weighted by Gasteiger charge is -2.64. The second kappa shape index (κ2) is 8.45. The summed E-state index contributed by atoms with van der Waals surface area (Å²) < 4.78 is 0. The van der Waals surface area contributed by atoms with Crippen molar-refractivity contribution in [2.45, 2.75) is 63.2 Å². The van der Waals surface area contributed by atoms with E-state index in [0.717, 1.165) is 48.7 Å². The molecule has 2 aromatic carbocycles. The van der Waals surface area contributed by atoms with Crippen molar-refractivity contribution in [3.63, 3.8) is 0 Å². The number of nitrogens with zero attached hydrogens (tertiary/aromatic N) is 1. The fraction of sp³-hybridized carbons (Fsp3) is 0.567. The third-order valence-corrected chi connectivity index (χ3v) is 10.5. The summed E-state index contributed by atoms with van der Waals surface area (Å²) in [6.07, 6.45) is 8.14. The lowest BCUT2D eigenvalue weighted by molar-refractivity contribution is -0.143. The summed E-state index contributed by atoms with van der Waals surface area (Å²) in [4.78, 5) is 16.0. The first-order valence-electron chi connectivity index (χ1n) is 13.1. The molecule has 1 saturated heterocycles. The molecule has 1 heterocycles. The van der Waals surface area contributed by atoms with Gasteiger partial charge in [0.25, 0.3) is 0 Å². The molecule has 4 saturated carbocycles. The maximum Gasteiger partial charge on any atom is 0.223 e. The van der Waals surface area contributed by atoms with Crippen molar-refractivity contribution in [3.8, 4) is 0 Å². The number of likely N-dealkylation sites (tertiary alicyclic amines) is 1. The molecule has 33 heavy (non-hydrogen) atoms. The fourth-order valence-corrected chi connectivity index (χ4v) is 8.56. The van der Waals surface area contributed by atoms with E-state index in [9.17, 15) is 4.79 Å². The molecule has 5 fully saturated rings. The highest BCUT2D eigenvalue weighted by atomic mass is 35.5. The maximum atomic E-state index is 13.8. The topological polar surface area (TPSA) is 20.3 Å². The van der Waals surface area contributed by atoms with Gasteiger partial charge in [0.05, 0.1) is 0 Å². The Bertz CT molecular complexity index is 962. The predicted octanol–water partition coefficient (Wildman–Crippen LogP) is 7.08. The molecule has 0 aromatic heterocycles. The molecule has 1 amide bonds. The number of carbonyl (C=O) groups excluding carboxylic acids is 1. The number of benzene rings is 2. The van der Waals surface area contributed by atoms with Gasteiger partial charge < -0.3 is 4.90 Å². The fourth-order valence-electron chi connectivity index (χ4n) is 8.43. The molecule has 1 aliphatic heterocycles. The van der Waals surface area contributed by atoms with Crippen LogP contribution in [0.3, 0.4) is 0 Å². The van der Waals surface area contributed by atoms with Crippen LogP contribution in [0.15, 0.2) is 54.6 Å². The third kappa shape index (κ3) is 3.64. The Morgan fingerprint density at radius 2 is 1.48 bits per heavy atom. The quantitative estimate of drug-likeness (QED) is 0.476. The first-order chi connectivity index (χ1) is 16.0. The van der Waals surface area contributed by atoms with Crippen LogP contribution in [0.5, 0.6) is 0 Å². The summed E-state index contributed by atoms with van der Waals surface area (Å²) in [5.74, 6) is 4.94. The van der Waals surface area contributed by atoms with E-state index in [1.807, 2.05) is 12.1 Å². The zero-order valence-corrected chi connectivity index (χ0v) is 20.5. The molecule has 2 aromatic rings. The van der Waals surface area contributed by atoms with Crippen LogP contribution in [0.2, 0.25) is 5.02 Å². The molecule has 0 atom stereocenters. The standard InChI is InChI=1S/C30H36ClNO/c1-20-23-15-26-17-24(20)18-27(16-23)30(26,25-5-3-2-4-6-25)19-29(33)32-13-11-22(12-14-32)21-7-9-28(31)10-8-21/h2-10,20,22-24,26-27H,11-19H2,1H3. The minimum absolute atomic E-state index is 0.0541. The summed E-state index contributed by atoms with van der Waals surface area (Å²) in [6.45, 7) is 4.26. The Labute approximate surface area is 203 Å². The van der Waals surface area contributed by atoms with Crippen molar-refractivity contribution in [2.24, 2.45) is 29.6 Å². The second-order valence-electron chi connectivity index (χ2n) is 11.5. The zero-order chi connectivity index (χ0) is 22.6. The maximum absolute atomic E-state index is 13.8. The minimum Gasteiger partial charge on any atom is -0.343 e. The second-order valence-corrected chi connectivity index (χ2v) is 11.9. The van der Waals surface area contributed by atoms with Gasteiger partial charge >= 0.3 is 0 Å². The number of rotatable bonds is 4. The van der Waals surface area contributed by atoms with E-state index in [0.29, 0.717) is 30.1 Å². The molecular formula is C30H36ClNO. The molecule has 4 aliphatic carbocycles. The van der Waals surface area contributed by atoms with Crippen LogP contribution in [0.4, 0.5) is 0 Å². The van der Waals surface area contributed by atoms with Crippen LogP contribution in [0.1, 0.15) is 68.9 Å². The van der Waals surface area contributed by atoms with Gasteiger partial charge in [0.2, 0.25) is 5.91 Å². The largest absolute Gasteiger partial charge is 0.343 e. The highest BCUT2D eigenvalue weighted by molar-refractivity contribution is 6.30. The van der Waals surface area contributed by atoms with E-state index in [2.05, 4.69) is 54.3 Å². The lowest BCUT2D eigenvalue weighted by Crippen LogP contribution is -2.59. The van der Waals surface area contributed by atoms with Crippen LogP contribution >= 0.6 is 11.6 Å². The number of hydrogen-bond acceptors (Lipinski definition) is 1. The number of halogens is 1. The van der Waals surface area contributed by atoms with Crippen molar-refractivity contribution in [1.82, 2.24) is 4.90 Å². The monoisotopic (exact) mass is 461 g/mol. The van der Waals surface area contributed by atoms with Gasteiger partial charge in [0.1, 0.15) is 0 Å². The van der Waals surface area contributed by atoms with Crippen LogP contribution in [-0.4, -0.2) is 23.9 Å². The first-order valence-corrected chi connectivity index (χ1v) is 13.5. The molecule has 0 N–H and O–H groups in total. The summed E-state index contributed by atoms with van der Waals surface area (Å²) in [5.41, 5.74) is 2.86. The molecule has 7 rings (SSSR count). The zero-order valence-electron chi connectivity index (χ0n) is 19.8. The highest BCUT2D eigenvalue weighted by Crippen LogP contribution is 2.65. The molecule has 174 valence electrons. The summed E-state index contributed by atoms with van der Waals surface area (Å²) >= 11 is 6.08. The summed E-state index contributed by atoms with van der Waals surface area (Å²) in [7, 11) is 0. The Kier molecular flexibility index (Phi) is 5.56. The van der Waals surface area contributed by atoms with Gasteiger partial charge in [-0.2, -0.15) is 0 Å². The van der Waals surface area contributed by atoms with Gasteiger partial charge in [-0.1, -0.05) is 61.0 Å². The van der Waals surface area contributed by atoms with Crippen molar-refractivity contribution < 1.29 is 4.79 Å². The van der Waals surface area contributed by atoms with Crippen LogP contribution in [0.25, 0.3) is 0 Å². The van der Waals surface area contributed by atoms with E-state index in [-0.39, 0.29) is 5.41 Å². The Morgan fingerprint density at radius 3 is 2.06 bits per heavy atom. The van der Waals surface area contributed by atoms with Gasteiger partial charge in [-0.15, -0.1) is 0 Å². The molecular weight excluding hydrogens is 426 g/mol. The van der Waals surface area contributed by atoms with Crippen molar-refractivity contribution in [3.05, 3.63) is 70.7 Å². The first kappa shape index (κ1) is 21.7. The number of carbonyl (C=O) groups is 1. The molecule has 2 nitrogen and oxygen atoms in total. The molecule has 0 spiro atoms. The van der Waals surface area contributed by atoms with Crippen molar-refractivity contribution >= 4 is 17.5 Å². The van der Waals surface area contributed by atoms with Crippen LogP contribution in [-0.2, 0) is 10.2 Å². The van der Waals surface area contributed by atoms with E-state index in [4.69, 9.17) is 11.6 Å². The highest BCUT2D eigenvalue weighted by Gasteiger charge is 2.60. The van der Waals surface area contributed by atoms with Gasteiger partial charge in [-0.25, -0.2) is 0 Å². The number of amides is 1. The molecule has 0 radical (unpaired) electrons. The van der Waals surface area contributed by atoms with Gasteiger partial charge in [-0.3, -0.25) is 4.79 Å². The average Bonchev–Trinajstić information content (AvgIpc) is 2.84. The van der Waals surface area contributed by atoms with Gasteiger partial charge in [0, 0.05) is 29.9 Å². The number of piperidine rings is 1. The van der Waals surface area contributed by atoms with E-state index in [1.165, 1.54) is 36.8 Å². The Hall–Kier alpha value is -1.80. The summed E-state index contributed by atoms with van der Waals surface area (Å²) in [6, 6.07) is 19.4. The van der Waals surface area contributed by atoms with E-state index >= 15 is 0 Å². The summed E-state index contributed by atoms with van der Waals surface area (Å²) in [5, 5.41) is 0.794. The van der Waals surface area contributed by atoms with Crippen LogP contribution in [0, 0.1) is 29.6 Å². The smallest absolute Gasteiger partial charge is 0.223 e. The Morgan fingerprint density at radius 1 is 0.909 bits per heavy atom.